The van der Waals surface area contributed by atoms with Gasteiger partial charge < -0.3 is 10.6 Å². The number of carbonyl (C=O) groups is 2. The van der Waals surface area contributed by atoms with Crippen molar-refractivity contribution in [2.45, 2.75) is 31.3 Å². The first-order chi connectivity index (χ1) is 12.7. The molecule has 3 rings (SSSR count). The molecule has 2 atom stereocenters. The lowest BCUT2D eigenvalue weighted by molar-refractivity contribution is -0.131. The summed E-state index contributed by atoms with van der Waals surface area (Å²) in [6.45, 7) is 0.910. The van der Waals surface area contributed by atoms with Gasteiger partial charge >= 0.3 is 0 Å². The van der Waals surface area contributed by atoms with Crippen molar-refractivity contribution in [3.05, 3.63) is 60.2 Å². The van der Waals surface area contributed by atoms with Gasteiger partial charge in [-0.15, -0.1) is 0 Å². The van der Waals surface area contributed by atoms with Crippen LogP contribution in [0.4, 0.5) is 0 Å². The molecule has 1 aliphatic rings. The lowest BCUT2D eigenvalue weighted by atomic mass is 10.0. The standard InChI is InChI=1S/C20H23N3O3/c24-19(22-18(20(25)23-26)13-17-7-4-12-21-17)16-10-8-15(9-11-16)14-5-2-1-3-6-14/h1-3,5-6,8-11,17-18,21,26H,4,7,12-13H2,(H,22,24)(H,23,25)/t17?,18-/m0/s1. The van der Waals surface area contributed by atoms with E-state index >= 15 is 0 Å². The van der Waals surface area contributed by atoms with Crippen LogP contribution in [0.25, 0.3) is 11.1 Å². The van der Waals surface area contributed by atoms with Crippen LogP contribution in [0.3, 0.4) is 0 Å². The van der Waals surface area contributed by atoms with E-state index in [1.54, 1.807) is 17.6 Å². The molecular weight excluding hydrogens is 330 g/mol. The molecule has 0 bridgehead atoms. The molecule has 1 fully saturated rings. The average Bonchev–Trinajstić information content (AvgIpc) is 3.20. The number of hydrogen-bond donors (Lipinski definition) is 4. The molecule has 0 radical (unpaired) electrons. The van der Waals surface area contributed by atoms with E-state index in [0.29, 0.717) is 12.0 Å². The second kappa shape index (κ2) is 8.60. The Bertz CT molecular complexity index is 741. The Morgan fingerprint density at radius 3 is 2.38 bits per heavy atom. The predicted molar refractivity (Wildman–Crippen MR) is 98.7 cm³/mol. The number of carbonyl (C=O) groups excluding carboxylic acids is 2. The van der Waals surface area contributed by atoms with Crippen molar-refractivity contribution in [1.29, 1.82) is 0 Å². The van der Waals surface area contributed by atoms with Crippen molar-refractivity contribution in [2.24, 2.45) is 0 Å². The summed E-state index contributed by atoms with van der Waals surface area (Å²) in [4.78, 5) is 24.4. The molecule has 1 saturated heterocycles. The summed E-state index contributed by atoms with van der Waals surface area (Å²) in [6.07, 6.45) is 2.45. The topological polar surface area (TPSA) is 90.5 Å². The minimum atomic E-state index is -0.781. The van der Waals surface area contributed by atoms with Crippen molar-refractivity contribution in [2.75, 3.05) is 6.54 Å². The van der Waals surface area contributed by atoms with Gasteiger partial charge in [-0.2, -0.15) is 0 Å². The number of hydroxylamine groups is 1. The van der Waals surface area contributed by atoms with E-state index in [-0.39, 0.29) is 11.9 Å². The third-order valence-corrected chi connectivity index (χ3v) is 4.67. The second-order valence-corrected chi connectivity index (χ2v) is 6.47. The van der Waals surface area contributed by atoms with E-state index in [0.717, 1.165) is 30.5 Å². The summed E-state index contributed by atoms with van der Waals surface area (Å²) < 4.78 is 0. The van der Waals surface area contributed by atoms with E-state index in [9.17, 15) is 9.59 Å². The fourth-order valence-electron chi connectivity index (χ4n) is 3.24. The van der Waals surface area contributed by atoms with Gasteiger partial charge in [-0.25, -0.2) is 5.48 Å². The van der Waals surface area contributed by atoms with E-state index < -0.39 is 11.9 Å². The van der Waals surface area contributed by atoms with Crippen molar-refractivity contribution >= 4 is 11.8 Å². The molecule has 1 unspecified atom stereocenters. The Labute approximate surface area is 152 Å². The minimum Gasteiger partial charge on any atom is -0.340 e. The smallest absolute Gasteiger partial charge is 0.265 e. The molecule has 6 heteroatoms. The van der Waals surface area contributed by atoms with Gasteiger partial charge in [0.15, 0.2) is 0 Å². The first-order valence-corrected chi connectivity index (χ1v) is 8.81. The molecule has 0 saturated carbocycles. The molecule has 2 amide bonds. The van der Waals surface area contributed by atoms with E-state index in [1.807, 2.05) is 42.5 Å². The Balaban J connectivity index is 1.67. The maximum absolute atomic E-state index is 12.5. The Morgan fingerprint density at radius 2 is 1.77 bits per heavy atom. The van der Waals surface area contributed by atoms with Gasteiger partial charge in [0.1, 0.15) is 6.04 Å². The third kappa shape index (κ3) is 4.47. The minimum absolute atomic E-state index is 0.165. The van der Waals surface area contributed by atoms with Gasteiger partial charge in [0.05, 0.1) is 0 Å². The molecule has 6 nitrogen and oxygen atoms in total. The molecular formula is C20H23N3O3. The van der Waals surface area contributed by atoms with Crippen LogP contribution >= 0.6 is 0 Å². The molecule has 4 N–H and O–H groups in total. The van der Waals surface area contributed by atoms with Crippen LogP contribution in [0.1, 0.15) is 29.6 Å². The van der Waals surface area contributed by atoms with Crippen LogP contribution in [0, 0.1) is 0 Å². The van der Waals surface area contributed by atoms with E-state index in [1.165, 1.54) is 0 Å². The van der Waals surface area contributed by atoms with Crippen LogP contribution in [-0.4, -0.2) is 35.7 Å². The zero-order valence-corrected chi connectivity index (χ0v) is 14.4. The summed E-state index contributed by atoms with van der Waals surface area (Å²) in [5.41, 5.74) is 4.21. The SMILES string of the molecule is O=C(N[C@@H](CC1CCCN1)C(=O)NO)c1ccc(-c2ccccc2)cc1. The monoisotopic (exact) mass is 353 g/mol. The summed E-state index contributed by atoms with van der Waals surface area (Å²) in [5.74, 6) is -0.941. The van der Waals surface area contributed by atoms with Gasteiger partial charge in [-0.3, -0.25) is 14.8 Å². The number of benzene rings is 2. The van der Waals surface area contributed by atoms with E-state index in [4.69, 9.17) is 5.21 Å². The van der Waals surface area contributed by atoms with Gasteiger partial charge in [0, 0.05) is 11.6 Å². The molecule has 0 aromatic heterocycles. The fraction of sp³-hybridized carbons (Fsp3) is 0.300. The normalized spacial score (nSPS) is 17.5. The second-order valence-electron chi connectivity index (χ2n) is 6.47. The Kier molecular flexibility index (Phi) is 5.99. The number of rotatable bonds is 6. The summed E-state index contributed by atoms with van der Waals surface area (Å²) >= 11 is 0. The van der Waals surface area contributed by atoms with Crippen LogP contribution in [0.5, 0.6) is 0 Å². The molecule has 2 aromatic carbocycles. The van der Waals surface area contributed by atoms with Crippen LogP contribution in [0.2, 0.25) is 0 Å². The molecule has 1 aliphatic heterocycles. The van der Waals surface area contributed by atoms with Gasteiger partial charge in [0.2, 0.25) is 0 Å². The Morgan fingerprint density at radius 1 is 1.08 bits per heavy atom. The van der Waals surface area contributed by atoms with E-state index in [2.05, 4.69) is 10.6 Å². The molecule has 2 aromatic rings. The van der Waals surface area contributed by atoms with Crippen LogP contribution in [-0.2, 0) is 4.79 Å². The summed E-state index contributed by atoms with van der Waals surface area (Å²) in [6, 6.07) is 16.5. The first-order valence-electron chi connectivity index (χ1n) is 8.81. The largest absolute Gasteiger partial charge is 0.340 e. The maximum atomic E-state index is 12.5. The average molecular weight is 353 g/mol. The van der Waals surface area contributed by atoms with Crippen molar-refractivity contribution in [1.82, 2.24) is 16.1 Å². The highest BCUT2D eigenvalue weighted by atomic mass is 16.5. The Hall–Kier alpha value is -2.70. The van der Waals surface area contributed by atoms with Gasteiger partial charge in [0.25, 0.3) is 11.8 Å². The lowest BCUT2D eigenvalue weighted by Gasteiger charge is -2.20. The molecule has 0 spiro atoms. The molecule has 0 aliphatic carbocycles. The summed E-state index contributed by atoms with van der Waals surface area (Å²) in [7, 11) is 0. The molecule has 1 heterocycles. The zero-order valence-electron chi connectivity index (χ0n) is 14.4. The van der Waals surface area contributed by atoms with Crippen molar-refractivity contribution in [3.8, 4) is 11.1 Å². The quantitative estimate of drug-likeness (QED) is 0.473. The highest BCUT2D eigenvalue weighted by Crippen LogP contribution is 2.19. The highest BCUT2D eigenvalue weighted by Gasteiger charge is 2.26. The summed E-state index contributed by atoms with van der Waals surface area (Å²) in [5, 5.41) is 15.0. The van der Waals surface area contributed by atoms with Crippen LogP contribution < -0.4 is 16.1 Å². The lowest BCUT2D eigenvalue weighted by Crippen LogP contribution is -2.48. The first kappa shape index (κ1) is 18.1. The number of nitrogens with one attached hydrogen (secondary N) is 3. The van der Waals surface area contributed by atoms with Gasteiger partial charge in [-0.1, -0.05) is 42.5 Å². The molecule has 136 valence electrons. The third-order valence-electron chi connectivity index (χ3n) is 4.67. The fourth-order valence-corrected chi connectivity index (χ4v) is 3.24. The zero-order chi connectivity index (χ0) is 18.4. The van der Waals surface area contributed by atoms with Gasteiger partial charge in [-0.05, 0) is 49.1 Å². The number of amides is 2. The number of hydrogen-bond acceptors (Lipinski definition) is 4. The van der Waals surface area contributed by atoms with Crippen LogP contribution in [0.15, 0.2) is 54.6 Å². The predicted octanol–water partition coefficient (Wildman–Crippen LogP) is 2.10. The van der Waals surface area contributed by atoms with Crippen molar-refractivity contribution in [3.63, 3.8) is 0 Å². The highest BCUT2D eigenvalue weighted by molar-refractivity contribution is 5.97. The van der Waals surface area contributed by atoms with Crippen molar-refractivity contribution < 1.29 is 14.8 Å². The molecule has 26 heavy (non-hydrogen) atoms. The maximum Gasteiger partial charge on any atom is 0.265 e.